The fraction of sp³-hybridized carbons (Fsp3) is 0.368. The average molecular weight is 302 g/mol. The molecule has 2 aromatic carbocycles. The Labute approximate surface area is 133 Å². The van der Waals surface area contributed by atoms with Gasteiger partial charge >= 0.3 is 0 Å². The fourth-order valence-corrected chi connectivity index (χ4v) is 2.78. The zero-order valence-corrected chi connectivity index (χ0v) is 13.8. The van der Waals surface area contributed by atoms with Gasteiger partial charge in [0.15, 0.2) is 0 Å². The zero-order chi connectivity index (χ0) is 15.2. The topological polar surface area (TPSA) is 12.0 Å². The van der Waals surface area contributed by atoms with Crippen molar-refractivity contribution in [2.45, 2.75) is 39.2 Å². The minimum atomic E-state index is 0.328. The summed E-state index contributed by atoms with van der Waals surface area (Å²) in [6.07, 6.45) is 0.954. The summed E-state index contributed by atoms with van der Waals surface area (Å²) < 4.78 is 0. The van der Waals surface area contributed by atoms with Crippen LogP contribution in [-0.2, 0) is 6.42 Å². The molecule has 0 saturated heterocycles. The summed E-state index contributed by atoms with van der Waals surface area (Å²) in [5.74, 6) is 0.574. The van der Waals surface area contributed by atoms with E-state index >= 15 is 0 Å². The molecule has 1 unspecified atom stereocenters. The van der Waals surface area contributed by atoms with Gasteiger partial charge in [0, 0.05) is 11.1 Å². The lowest BCUT2D eigenvalue weighted by molar-refractivity contribution is 0.549. The van der Waals surface area contributed by atoms with E-state index in [0.29, 0.717) is 12.0 Å². The lowest BCUT2D eigenvalue weighted by Crippen LogP contribution is -2.23. The van der Waals surface area contributed by atoms with Crippen LogP contribution in [0.15, 0.2) is 48.5 Å². The van der Waals surface area contributed by atoms with Crippen LogP contribution in [0.3, 0.4) is 0 Å². The number of hydrogen-bond acceptors (Lipinski definition) is 1. The highest BCUT2D eigenvalue weighted by Gasteiger charge is 2.12. The Bertz CT molecular complexity index is 560. The van der Waals surface area contributed by atoms with Gasteiger partial charge in [0.05, 0.1) is 0 Å². The van der Waals surface area contributed by atoms with Gasteiger partial charge in [-0.2, -0.15) is 0 Å². The van der Waals surface area contributed by atoms with Gasteiger partial charge in [0.2, 0.25) is 0 Å². The number of rotatable bonds is 6. The van der Waals surface area contributed by atoms with Crippen molar-refractivity contribution < 1.29 is 0 Å². The summed E-state index contributed by atoms with van der Waals surface area (Å²) in [6.45, 7) is 7.55. The van der Waals surface area contributed by atoms with Crippen LogP contribution in [0.5, 0.6) is 0 Å². The second-order valence-corrected chi connectivity index (χ2v) is 6.20. The van der Waals surface area contributed by atoms with E-state index in [1.807, 2.05) is 18.2 Å². The Hall–Kier alpha value is -1.31. The minimum Gasteiger partial charge on any atom is -0.310 e. The monoisotopic (exact) mass is 301 g/mol. The van der Waals surface area contributed by atoms with E-state index < -0.39 is 0 Å². The van der Waals surface area contributed by atoms with Crippen LogP contribution in [-0.4, -0.2) is 6.54 Å². The average Bonchev–Trinajstić information content (AvgIpc) is 2.47. The van der Waals surface area contributed by atoms with Gasteiger partial charge in [0.25, 0.3) is 0 Å². The maximum Gasteiger partial charge on any atom is 0.0408 e. The van der Waals surface area contributed by atoms with E-state index in [1.54, 1.807) is 0 Å². The summed E-state index contributed by atoms with van der Waals surface area (Å²) >= 11 is 6.09. The Morgan fingerprint density at radius 1 is 1.00 bits per heavy atom. The third-order valence-corrected chi connectivity index (χ3v) is 4.02. The third-order valence-electron chi connectivity index (χ3n) is 3.78. The molecule has 0 bridgehead atoms. The first kappa shape index (κ1) is 16.1. The molecule has 1 atom stereocenters. The minimum absolute atomic E-state index is 0.328. The van der Waals surface area contributed by atoms with E-state index in [-0.39, 0.29) is 0 Å². The van der Waals surface area contributed by atoms with Gasteiger partial charge in [0.1, 0.15) is 0 Å². The van der Waals surface area contributed by atoms with E-state index in [0.717, 1.165) is 18.0 Å². The van der Waals surface area contributed by atoms with Crippen molar-refractivity contribution >= 4 is 11.6 Å². The molecule has 0 saturated carbocycles. The second kappa shape index (κ2) is 7.63. The van der Waals surface area contributed by atoms with Crippen molar-refractivity contribution in [2.75, 3.05) is 6.54 Å². The Kier molecular flexibility index (Phi) is 5.84. The molecular weight excluding hydrogens is 278 g/mol. The van der Waals surface area contributed by atoms with E-state index in [2.05, 4.69) is 56.4 Å². The van der Waals surface area contributed by atoms with Crippen LogP contribution in [0.1, 0.15) is 49.4 Å². The highest BCUT2D eigenvalue weighted by Crippen LogP contribution is 2.23. The van der Waals surface area contributed by atoms with Gasteiger partial charge in [-0.1, -0.05) is 68.8 Å². The van der Waals surface area contributed by atoms with Crippen molar-refractivity contribution in [1.29, 1.82) is 0 Å². The van der Waals surface area contributed by atoms with Crippen molar-refractivity contribution in [2.24, 2.45) is 0 Å². The first-order valence-corrected chi connectivity index (χ1v) is 8.05. The maximum atomic E-state index is 6.09. The summed E-state index contributed by atoms with van der Waals surface area (Å²) in [4.78, 5) is 0. The van der Waals surface area contributed by atoms with Crippen LogP contribution < -0.4 is 5.32 Å². The predicted molar refractivity (Wildman–Crippen MR) is 92.1 cm³/mol. The van der Waals surface area contributed by atoms with Crippen LogP contribution >= 0.6 is 11.6 Å². The molecule has 0 amide bonds. The Balaban J connectivity index is 2.18. The standard InChI is InChI=1S/C19H24ClN/c1-4-21-19(13-15-6-5-7-18(20)12-15)17-10-8-16(9-11-17)14(2)3/h5-12,14,19,21H,4,13H2,1-3H3. The zero-order valence-electron chi connectivity index (χ0n) is 13.1. The van der Waals surface area contributed by atoms with Crippen molar-refractivity contribution in [3.8, 4) is 0 Å². The lowest BCUT2D eigenvalue weighted by Gasteiger charge is -2.19. The van der Waals surface area contributed by atoms with Gasteiger partial charge in [-0.05, 0) is 47.7 Å². The van der Waals surface area contributed by atoms with Gasteiger partial charge in [-0.15, -0.1) is 0 Å². The SMILES string of the molecule is CCNC(Cc1cccc(Cl)c1)c1ccc(C(C)C)cc1. The molecule has 2 rings (SSSR count). The van der Waals surface area contributed by atoms with Gasteiger partial charge < -0.3 is 5.32 Å². The van der Waals surface area contributed by atoms with Crippen LogP contribution in [0.25, 0.3) is 0 Å². The molecule has 0 aliphatic rings. The second-order valence-electron chi connectivity index (χ2n) is 5.77. The number of halogens is 1. The van der Waals surface area contributed by atoms with E-state index in [9.17, 15) is 0 Å². The number of nitrogens with one attached hydrogen (secondary N) is 1. The fourth-order valence-electron chi connectivity index (χ4n) is 2.57. The number of likely N-dealkylation sites (N-methyl/N-ethyl adjacent to an activating group) is 1. The number of hydrogen-bond donors (Lipinski definition) is 1. The largest absolute Gasteiger partial charge is 0.310 e. The van der Waals surface area contributed by atoms with E-state index in [1.165, 1.54) is 16.7 Å². The molecule has 0 fully saturated rings. The quantitative estimate of drug-likeness (QED) is 0.757. The van der Waals surface area contributed by atoms with E-state index in [4.69, 9.17) is 11.6 Å². The Morgan fingerprint density at radius 3 is 2.24 bits per heavy atom. The molecule has 21 heavy (non-hydrogen) atoms. The van der Waals surface area contributed by atoms with Crippen LogP contribution in [0, 0.1) is 0 Å². The first-order valence-electron chi connectivity index (χ1n) is 7.67. The van der Waals surface area contributed by atoms with Crippen LogP contribution in [0.4, 0.5) is 0 Å². The molecule has 0 heterocycles. The lowest BCUT2D eigenvalue weighted by atomic mass is 9.95. The molecule has 0 radical (unpaired) electrons. The third kappa shape index (κ3) is 4.59. The van der Waals surface area contributed by atoms with Crippen molar-refractivity contribution in [3.63, 3.8) is 0 Å². The Morgan fingerprint density at radius 2 is 1.67 bits per heavy atom. The summed E-state index contributed by atoms with van der Waals surface area (Å²) in [7, 11) is 0. The highest BCUT2D eigenvalue weighted by atomic mass is 35.5. The smallest absolute Gasteiger partial charge is 0.0408 e. The molecule has 0 spiro atoms. The van der Waals surface area contributed by atoms with Gasteiger partial charge in [-0.3, -0.25) is 0 Å². The molecule has 2 heteroatoms. The molecule has 0 aliphatic carbocycles. The predicted octanol–water partition coefficient (Wildman–Crippen LogP) is 5.36. The van der Waals surface area contributed by atoms with Crippen molar-refractivity contribution in [1.82, 2.24) is 5.32 Å². The number of benzene rings is 2. The van der Waals surface area contributed by atoms with Crippen molar-refractivity contribution in [3.05, 3.63) is 70.2 Å². The molecule has 0 aliphatic heterocycles. The molecule has 1 nitrogen and oxygen atoms in total. The first-order chi connectivity index (χ1) is 10.1. The molecule has 0 aromatic heterocycles. The molecule has 1 N–H and O–H groups in total. The maximum absolute atomic E-state index is 6.09. The summed E-state index contributed by atoms with van der Waals surface area (Å²) in [5.41, 5.74) is 3.99. The molecule has 112 valence electrons. The summed E-state index contributed by atoms with van der Waals surface area (Å²) in [5, 5.41) is 4.38. The van der Waals surface area contributed by atoms with Gasteiger partial charge in [-0.25, -0.2) is 0 Å². The van der Waals surface area contributed by atoms with Crippen LogP contribution in [0.2, 0.25) is 5.02 Å². The molecule has 2 aromatic rings. The normalized spacial score (nSPS) is 12.6. The summed E-state index contributed by atoms with van der Waals surface area (Å²) in [6, 6.07) is 17.4. The highest BCUT2D eigenvalue weighted by molar-refractivity contribution is 6.30. The molecular formula is C19H24ClN.